The van der Waals surface area contributed by atoms with Crippen molar-refractivity contribution < 1.29 is 20.6 Å². The minimum atomic E-state index is -1.10. The lowest BCUT2D eigenvalue weighted by atomic mass is 10.4. The summed E-state index contributed by atoms with van der Waals surface area (Å²) in [5.41, 5.74) is -2.74. The minimum Gasteiger partial charge on any atom is -0.501 e. The Labute approximate surface area is 109 Å². The van der Waals surface area contributed by atoms with Gasteiger partial charge in [0.05, 0.1) is 12.4 Å². The first-order valence-corrected chi connectivity index (χ1v) is 5.11. The molecule has 0 radical (unpaired) electrons. The van der Waals surface area contributed by atoms with Crippen LogP contribution in [0.1, 0.15) is 0 Å². The second-order valence-corrected chi connectivity index (χ2v) is 3.60. The lowest BCUT2D eigenvalue weighted by Gasteiger charge is -2.01. The molecule has 0 atom stereocenters. The first-order valence-electron chi connectivity index (χ1n) is 5.11. The monoisotopic (exact) mass is 280 g/mol. The van der Waals surface area contributed by atoms with E-state index in [0.29, 0.717) is 0 Å². The van der Waals surface area contributed by atoms with Crippen molar-refractivity contribution in [2.24, 2.45) is 10.2 Å². The van der Waals surface area contributed by atoms with Crippen molar-refractivity contribution in [3.8, 4) is 11.5 Å². The van der Waals surface area contributed by atoms with Crippen LogP contribution in [0.2, 0.25) is 0 Å². The highest BCUT2D eigenvalue weighted by atomic mass is 16.5. The molecule has 0 spiro atoms. The van der Waals surface area contributed by atoms with E-state index in [1.807, 2.05) is 0 Å². The summed E-state index contributed by atoms with van der Waals surface area (Å²) in [6, 6.07) is 2.18. The number of hydrogen-bond donors (Lipinski definition) is 4. The van der Waals surface area contributed by atoms with E-state index in [1.165, 1.54) is 0 Å². The molecule has 2 heterocycles. The van der Waals surface area contributed by atoms with Gasteiger partial charge in [-0.3, -0.25) is 9.59 Å². The van der Waals surface area contributed by atoms with Gasteiger partial charge in [0, 0.05) is 0 Å². The van der Waals surface area contributed by atoms with Crippen molar-refractivity contribution in [2.45, 2.75) is 0 Å². The van der Waals surface area contributed by atoms with Gasteiger partial charge in [0.1, 0.15) is 11.4 Å². The Morgan fingerprint density at radius 2 is 1.15 bits per heavy atom. The first-order chi connectivity index (χ1) is 9.41. The van der Waals surface area contributed by atoms with Gasteiger partial charge in [0.25, 0.3) is 0 Å². The van der Waals surface area contributed by atoms with Gasteiger partial charge in [-0.15, -0.1) is 10.2 Å². The van der Waals surface area contributed by atoms with Gasteiger partial charge >= 0.3 is 11.1 Å². The predicted octanol–water partition coefficient (Wildman–Crippen LogP) is 0.311. The van der Waals surface area contributed by atoms with E-state index in [2.05, 4.69) is 10.2 Å². The summed E-state index contributed by atoms with van der Waals surface area (Å²) in [6.07, 6.45) is 1.87. The van der Waals surface area contributed by atoms with Crippen LogP contribution in [-0.2, 0) is 0 Å². The number of pyridine rings is 2. The van der Waals surface area contributed by atoms with E-state index in [0.717, 1.165) is 24.5 Å². The van der Waals surface area contributed by atoms with E-state index in [-0.39, 0.29) is 20.8 Å². The maximum absolute atomic E-state index is 11.2. The maximum atomic E-state index is 11.2. The molecule has 0 bridgehead atoms. The summed E-state index contributed by atoms with van der Waals surface area (Å²) < 4.78 is 0.303. The molecule has 0 aliphatic heterocycles. The molecular formula is C10H8N4O6. The molecule has 10 heteroatoms. The topological polar surface area (TPSA) is 150 Å². The van der Waals surface area contributed by atoms with Gasteiger partial charge in [-0.05, 0) is 12.1 Å². The second kappa shape index (κ2) is 4.76. The third-order valence-corrected chi connectivity index (χ3v) is 2.32. The standard InChI is InChI=1S/C10H8N4O6/c15-7-5(1-3-13(19)9(7)17)11-12-6-2-4-14(20)10(18)8(6)16/h1-4,15-16,19-20H. The quantitative estimate of drug-likeness (QED) is 0.459. The largest absolute Gasteiger partial charge is 0.501 e. The Balaban J connectivity index is 2.46. The van der Waals surface area contributed by atoms with E-state index >= 15 is 0 Å². The van der Waals surface area contributed by atoms with Crippen LogP contribution < -0.4 is 11.1 Å². The van der Waals surface area contributed by atoms with Crippen LogP contribution in [0, 0.1) is 0 Å². The zero-order valence-corrected chi connectivity index (χ0v) is 9.70. The SMILES string of the molecule is O=c1c(O)c(N=Nc2ccn(O)c(=O)c2O)ccn1O. The molecule has 104 valence electrons. The molecular weight excluding hydrogens is 272 g/mol. The zero-order valence-electron chi connectivity index (χ0n) is 9.70. The second-order valence-electron chi connectivity index (χ2n) is 3.60. The third-order valence-electron chi connectivity index (χ3n) is 2.32. The molecule has 10 nitrogen and oxygen atoms in total. The van der Waals surface area contributed by atoms with Crippen LogP contribution in [-0.4, -0.2) is 30.1 Å². The van der Waals surface area contributed by atoms with Crippen molar-refractivity contribution in [1.82, 2.24) is 9.46 Å². The van der Waals surface area contributed by atoms with E-state index in [9.17, 15) is 19.8 Å². The highest BCUT2D eigenvalue weighted by Crippen LogP contribution is 2.26. The lowest BCUT2D eigenvalue weighted by Crippen LogP contribution is -2.15. The summed E-state index contributed by atoms with van der Waals surface area (Å²) in [5.74, 6) is -1.71. The Hall–Kier alpha value is -3.30. The van der Waals surface area contributed by atoms with Crippen LogP contribution in [0.3, 0.4) is 0 Å². The van der Waals surface area contributed by atoms with Crippen molar-refractivity contribution in [3.63, 3.8) is 0 Å². The average Bonchev–Trinajstić information content (AvgIpc) is 2.43. The van der Waals surface area contributed by atoms with Gasteiger partial charge in [0.15, 0.2) is 0 Å². The lowest BCUT2D eigenvalue weighted by molar-refractivity contribution is 0.170. The molecule has 0 saturated carbocycles. The summed E-state index contributed by atoms with van der Waals surface area (Å²) in [5, 5.41) is 43.7. The minimum absolute atomic E-state index is 0.152. The molecule has 0 saturated heterocycles. The molecule has 2 aromatic rings. The molecule has 0 fully saturated rings. The van der Waals surface area contributed by atoms with Crippen LogP contribution in [0.25, 0.3) is 0 Å². The van der Waals surface area contributed by atoms with E-state index in [4.69, 9.17) is 10.4 Å². The predicted molar refractivity (Wildman–Crippen MR) is 63.3 cm³/mol. The van der Waals surface area contributed by atoms with Crippen molar-refractivity contribution >= 4 is 11.4 Å². The van der Waals surface area contributed by atoms with Gasteiger partial charge in [-0.1, -0.05) is 0 Å². The summed E-state index contributed by atoms with van der Waals surface area (Å²) in [4.78, 5) is 22.4. The fourth-order valence-electron chi connectivity index (χ4n) is 1.28. The van der Waals surface area contributed by atoms with Crippen molar-refractivity contribution in [2.75, 3.05) is 0 Å². The Morgan fingerprint density at radius 1 is 0.800 bits per heavy atom. The summed E-state index contributed by atoms with van der Waals surface area (Å²) in [7, 11) is 0. The van der Waals surface area contributed by atoms with Gasteiger partial charge in [0.2, 0.25) is 11.5 Å². The Kier molecular flexibility index (Phi) is 3.13. The first kappa shape index (κ1) is 13.1. The molecule has 4 N–H and O–H groups in total. The number of aromatic hydroxyl groups is 2. The molecule has 20 heavy (non-hydrogen) atoms. The average molecular weight is 280 g/mol. The molecule has 2 aromatic heterocycles. The van der Waals surface area contributed by atoms with E-state index < -0.39 is 22.6 Å². The number of nitrogens with zero attached hydrogens (tertiary/aromatic N) is 4. The smallest absolute Gasteiger partial charge is 0.327 e. The van der Waals surface area contributed by atoms with Crippen molar-refractivity contribution in [3.05, 3.63) is 45.2 Å². The normalized spacial score (nSPS) is 11.0. The van der Waals surface area contributed by atoms with Crippen molar-refractivity contribution in [1.29, 1.82) is 0 Å². The summed E-state index contributed by atoms with van der Waals surface area (Å²) >= 11 is 0. The zero-order chi connectivity index (χ0) is 14.9. The Bertz CT molecular complexity index is 739. The van der Waals surface area contributed by atoms with Crippen LogP contribution in [0.5, 0.6) is 11.5 Å². The van der Waals surface area contributed by atoms with Gasteiger partial charge < -0.3 is 20.6 Å². The maximum Gasteiger partial charge on any atom is 0.327 e. The number of aromatic nitrogens is 2. The fraction of sp³-hybridized carbons (Fsp3) is 0. The highest BCUT2D eigenvalue weighted by molar-refractivity contribution is 5.51. The number of rotatable bonds is 2. The molecule has 0 amide bonds. The molecule has 0 unspecified atom stereocenters. The summed E-state index contributed by atoms with van der Waals surface area (Å²) in [6.45, 7) is 0. The van der Waals surface area contributed by atoms with Crippen LogP contribution >= 0.6 is 0 Å². The highest BCUT2D eigenvalue weighted by Gasteiger charge is 2.10. The van der Waals surface area contributed by atoms with Crippen LogP contribution in [0.15, 0.2) is 44.3 Å². The fourth-order valence-corrected chi connectivity index (χ4v) is 1.28. The Morgan fingerprint density at radius 3 is 1.50 bits per heavy atom. The van der Waals surface area contributed by atoms with Gasteiger partial charge in [-0.2, -0.15) is 9.46 Å². The van der Waals surface area contributed by atoms with E-state index in [1.54, 1.807) is 0 Å². The van der Waals surface area contributed by atoms with Crippen LogP contribution in [0.4, 0.5) is 11.4 Å². The molecule has 0 aliphatic carbocycles. The van der Waals surface area contributed by atoms with Gasteiger partial charge in [-0.25, -0.2) is 0 Å². The number of azo groups is 1. The molecule has 0 aromatic carbocycles. The number of hydrogen-bond acceptors (Lipinski definition) is 8. The molecule has 0 aliphatic rings. The third kappa shape index (κ3) is 2.16. The molecule has 2 rings (SSSR count).